The summed E-state index contributed by atoms with van der Waals surface area (Å²) in [5, 5.41) is 11.3. The summed E-state index contributed by atoms with van der Waals surface area (Å²) in [5.74, 6) is 0. The molecule has 0 aromatic heterocycles. The van der Waals surface area contributed by atoms with Crippen molar-refractivity contribution in [3.63, 3.8) is 0 Å². The van der Waals surface area contributed by atoms with Crippen molar-refractivity contribution < 1.29 is 29.5 Å². The summed E-state index contributed by atoms with van der Waals surface area (Å²) in [5.41, 5.74) is 0.0883. The summed E-state index contributed by atoms with van der Waals surface area (Å²) in [6.07, 6.45) is 0. The maximum absolute atomic E-state index is 12.1. The molecule has 178 valence electrons. The molecule has 0 spiro atoms. The number of hydrogen-bond acceptors (Lipinski definition) is 9. The van der Waals surface area contributed by atoms with Crippen molar-refractivity contribution in [3.8, 4) is 6.07 Å². The Morgan fingerprint density at radius 3 is 1.47 bits per heavy atom. The highest BCUT2D eigenvalue weighted by Crippen LogP contribution is 2.23. The summed E-state index contributed by atoms with van der Waals surface area (Å²) in [6.45, 7) is 9.42. The summed E-state index contributed by atoms with van der Waals surface area (Å²) < 4.78 is 66.9. The van der Waals surface area contributed by atoms with Gasteiger partial charge < -0.3 is 0 Å². The molecule has 0 saturated heterocycles. The third-order valence-corrected chi connectivity index (χ3v) is 8.52. The van der Waals surface area contributed by atoms with Crippen LogP contribution in [0.4, 0.5) is 0 Å². The molecule has 0 bridgehead atoms. The third-order valence-electron chi connectivity index (χ3n) is 2.89. The van der Waals surface area contributed by atoms with E-state index in [9.17, 15) is 21.0 Å². The number of nitrogens with zero attached hydrogens (tertiary/aromatic N) is 2. The second-order valence-corrected chi connectivity index (χ2v) is 11.1. The maximum Gasteiger partial charge on any atom is 0.381 e. The van der Waals surface area contributed by atoms with Crippen LogP contribution in [0.25, 0.3) is 0 Å². The van der Waals surface area contributed by atoms with Gasteiger partial charge in [-0.2, -0.15) is 9.47 Å². The van der Waals surface area contributed by atoms with Gasteiger partial charge in [-0.3, -0.25) is 8.47 Å². The Bertz CT molecular complexity index is 1010. The Morgan fingerprint density at radius 1 is 0.844 bits per heavy atom. The maximum atomic E-state index is 12.1. The van der Waals surface area contributed by atoms with Gasteiger partial charge in [0.2, 0.25) is 0 Å². The molecular weight excluding hydrogens is 476 g/mol. The molecule has 0 saturated carbocycles. The Hall–Kier alpha value is -2.59. The van der Waals surface area contributed by atoms with Crippen LogP contribution in [0, 0.1) is 11.3 Å². The fourth-order valence-corrected chi connectivity index (χ4v) is 5.47. The van der Waals surface area contributed by atoms with E-state index in [0.29, 0.717) is 0 Å². The lowest BCUT2D eigenvalue weighted by molar-refractivity contribution is 0.296. The smallest absolute Gasteiger partial charge is 0.265 e. The van der Waals surface area contributed by atoms with Gasteiger partial charge >= 0.3 is 11.4 Å². The lowest BCUT2D eigenvalue weighted by Gasteiger charge is -2.05. The Balaban J connectivity index is 0. The zero-order valence-electron chi connectivity index (χ0n) is 18.8. The minimum absolute atomic E-state index is 0.0883. The molecule has 0 fully saturated rings. The normalized spacial score (nSPS) is 11.6. The molecule has 0 amide bonds. The van der Waals surface area contributed by atoms with E-state index in [4.69, 9.17) is 5.26 Å². The van der Waals surface area contributed by atoms with E-state index in [0.717, 1.165) is 0 Å². The third kappa shape index (κ3) is 10.1. The Morgan fingerprint density at radius 2 is 1.19 bits per heavy atom. The van der Waals surface area contributed by atoms with Gasteiger partial charge in [-0.05, 0) is 31.2 Å². The van der Waals surface area contributed by atoms with E-state index in [1.54, 1.807) is 18.2 Å². The van der Waals surface area contributed by atoms with Gasteiger partial charge in [0, 0.05) is 0 Å². The van der Waals surface area contributed by atoms with Gasteiger partial charge in [0.25, 0.3) is 17.7 Å². The van der Waals surface area contributed by atoms with Gasteiger partial charge in [0.05, 0.1) is 16.9 Å². The average Bonchev–Trinajstić information content (AvgIpc) is 2.86. The van der Waals surface area contributed by atoms with Crippen LogP contribution >= 0.6 is 0 Å². The van der Waals surface area contributed by atoms with E-state index in [2.05, 4.69) is 13.6 Å². The van der Waals surface area contributed by atoms with Crippen LogP contribution in [0.15, 0.2) is 75.6 Å². The monoisotopic (exact) mass is 504 g/mol. The number of rotatable bonds is 6. The summed E-state index contributed by atoms with van der Waals surface area (Å²) in [6, 6.07) is 15.9. The predicted octanol–water partition coefficient (Wildman–Crippen LogP) is 4.03. The Kier molecular flexibility index (Phi) is 16.8. The molecule has 0 aliphatic carbocycles. The second-order valence-electron chi connectivity index (χ2n) is 4.77. The molecule has 9 nitrogen and oxygen atoms in total. The standard InChI is InChI=1S/C12H10O4S2.C4H6N2O3S.2C2H6/c13-17(14,11-7-3-1-4-8-11)18(15,16)12-9-5-2-6-10-12;1-4(3-5)6-9-10(7)8-2;2*1-2/h1-10H;1-2H3;2*1-2H3/b;6-4+;;. The van der Waals surface area contributed by atoms with Gasteiger partial charge in [-0.1, -0.05) is 69.2 Å². The summed E-state index contributed by atoms with van der Waals surface area (Å²) in [7, 11) is -7.64. The van der Waals surface area contributed by atoms with E-state index in [1.165, 1.54) is 62.6 Å². The summed E-state index contributed by atoms with van der Waals surface area (Å²) in [4.78, 5) is -0.456. The van der Waals surface area contributed by atoms with E-state index < -0.39 is 29.1 Å². The molecule has 0 aliphatic heterocycles. The first-order valence-corrected chi connectivity index (χ1v) is 13.8. The molecule has 0 heterocycles. The van der Waals surface area contributed by atoms with Crippen molar-refractivity contribution in [3.05, 3.63) is 60.7 Å². The topological polar surface area (TPSA) is 140 Å². The van der Waals surface area contributed by atoms with Gasteiger partial charge in [-0.15, -0.1) is 0 Å². The molecule has 1 unspecified atom stereocenters. The Labute approximate surface area is 192 Å². The highest BCUT2D eigenvalue weighted by atomic mass is 33.2. The van der Waals surface area contributed by atoms with Gasteiger partial charge in [0.1, 0.15) is 6.07 Å². The molecule has 1 atom stereocenters. The van der Waals surface area contributed by atoms with Crippen LogP contribution in [0.2, 0.25) is 0 Å². The van der Waals surface area contributed by atoms with Crippen molar-refractivity contribution in [2.75, 3.05) is 7.11 Å². The molecule has 12 heteroatoms. The second kappa shape index (κ2) is 17.0. The molecule has 2 aromatic rings. The summed E-state index contributed by atoms with van der Waals surface area (Å²) >= 11 is -1.89. The number of hydrogen-bond donors (Lipinski definition) is 0. The van der Waals surface area contributed by atoms with Crippen LogP contribution in [0.1, 0.15) is 34.6 Å². The van der Waals surface area contributed by atoms with Crippen LogP contribution in [-0.2, 0) is 37.6 Å². The van der Waals surface area contributed by atoms with E-state index >= 15 is 0 Å². The lowest BCUT2D eigenvalue weighted by atomic mass is 10.4. The van der Waals surface area contributed by atoms with Crippen molar-refractivity contribution in [2.24, 2.45) is 5.16 Å². The van der Waals surface area contributed by atoms with Crippen LogP contribution in [0.3, 0.4) is 0 Å². The first-order valence-electron chi connectivity index (χ1n) is 9.35. The molecule has 0 N–H and O–H groups in total. The highest BCUT2D eigenvalue weighted by molar-refractivity contribution is 8.67. The fraction of sp³-hybridized carbons (Fsp3) is 0.300. The zero-order chi connectivity index (χ0) is 25.2. The lowest BCUT2D eigenvalue weighted by Crippen LogP contribution is -2.15. The highest BCUT2D eigenvalue weighted by Gasteiger charge is 2.33. The number of oxime groups is 1. The zero-order valence-corrected chi connectivity index (χ0v) is 21.2. The molecule has 32 heavy (non-hydrogen) atoms. The predicted molar refractivity (Wildman–Crippen MR) is 125 cm³/mol. The van der Waals surface area contributed by atoms with Gasteiger partial charge in [-0.25, -0.2) is 16.8 Å². The first-order chi connectivity index (χ1) is 15.2. The van der Waals surface area contributed by atoms with E-state index in [-0.39, 0.29) is 15.5 Å². The van der Waals surface area contributed by atoms with Crippen molar-refractivity contribution in [1.82, 2.24) is 0 Å². The minimum atomic E-state index is -4.42. The molecular formula is C20H28N2O7S3. The van der Waals surface area contributed by atoms with Crippen LogP contribution in [-0.4, -0.2) is 33.9 Å². The SMILES string of the molecule is CC.CC.COS(=O)O/N=C(\C)C#N.O=S(=O)(c1ccccc1)S(=O)(=O)c1ccccc1. The molecule has 0 aliphatic rings. The average molecular weight is 505 g/mol. The molecule has 0 radical (unpaired) electrons. The van der Waals surface area contributed by atoms with Crippen LogP contribution < -0.4 is 0 Å². The quantitative estimate of drug-likeness (QED) is 0.326. The molecule has 2 rings (SSSR count). The number of benzene rings is 2. The fourth-order valence-electron chi connectivity index (χ4n) is 1.56. The van der Waals surface area contributed by atoms with Crippen LogP contribution in [0.5, 0.6) is 0 Å². The van der Waals surface area contributed by atoms with E-state index in [1.807, 2.05) is 27.7 Å². The van der Waals surface area contributed by atoms with Crippen molar-refractivity contribution in [2.45, 2.75) is 44.4 Å². The largest absolute Gasteiger partial charge is 0.381 e. The van der Waals surface area contributed by atoms with Gasteiger partial charge in [0.15, 0.2) is 5.71 Å². The minimum Gasteiger partial charge on any atom is -0.265 e. The van der Waals surface area contributed by atoms with Crippen molar-refractivity contribution in [1.29, 1.82) is 5.26 Å². The molecule has 2 aromatic carbocycles. The number of nitriles is 1. The van der Waals surface area contributed by atoms with Crippen molar-refractivity contribution >= 4 is 34.8 Å². The first kappa shape index (κ1) is 31.6.